The van der Waals surface area contributed by atoms with Crippen LogP contribution in [-0.4, -0.2) is 29.8 Å². The van der Waals surface area contributed by atoms with Crippen molar-refractivity contribution in [3.63, 3.8) is 0 Å². The smallest absolute Gasteiger partial charge is 0.407 e. The van der Waals surface area contributed by atoms with Crippen molar-refractivity contribution in [2.75, 3.05) is 6.54 Å². The summed E-state index contributed by atoms with van der Waals surface area (Å²) in [6.45, 7) is 11.3. The van der Waals surface area contributed by atoms with Crippen LogP contribution in [0.5, 0.6) is 0 Å². The molecule has 1 N–H and O–H groups in total. The van der Waals surface area contributed by atoms with Gasteiger partial charge in [0.2, 0.25) is 0 Å². The zero-order valence-electron chi connectivity index (χ0n) is 15.4. The second kappa shape index (κ2) is 8.18. The van der Waals surface area contributed by atoms with Gasteiger partial charge in [-0.1, -0.05) is 18.2 Å². The Labute approximate surface area is 144 Å². The molecule has 0 heterocycles. The van der Waals surface area contributed by atoms with Crippen LogP contribution in [-0.2, 0) is 15.9 Å². The highest BCUT2D eigenvalue weighted by molar-refractivity contribution is 5.91. The molecule has 5 nitrogen and oxygen atoms in total. The van der Waals surface area contributed by atoms with Gasteiger partial charge in [0.15, 0.2) is 0 Å². The van der Waals surface area contributed by atoms with Crippen LogP contribution < -0.4 is 5.32 Å². The molecule has 0 atom stereocenters. The van der Waals surface area contributed by atoms with Gasteiger partial charge >= 0.3 is 12.1 Å². The van der Waals surface area contributed by atoms with E-state index in [1.54, 1.807) is 6.07 Å². The quantitative estimate of drug-likeness (QED) is 0.655. The maximum absolute atomic E-state index is 12.3. The Morgan fingerprint density at radius 2 is 1.58 bits per heavy atom. The van der Waals surface area contributed by atoms with Crippen molar-refractivity contribution in [1.29, 1.82) is 0 Å². The number of benzene rings is 1. The molecule has 0 aliphatic carbocycles. The molecule has 0 aromatic heterocycles. The van der Waals surface area contributed by atoms with Crippen LogP contribution in [0.3, 0.4) is 0 Å². The van der Waals surface area contributed by atoms with E-state index >= 15 is 0 Å². The van der Waals surface area contributed by atoms with Gasteiger partial charge in [0, 0.05) is 6.54 Å². The summed E-state index contributed by atoms with van der Waals surface area (Å²) in [6.07, 6.45) is 1.97. The molecule has 0 bridgehead atoms. The molecular weight excluding hydrogens is 306 g/mol. The van der Waals surface area contributed by atoms with Gasteiger partial charge in [-0.15, -0.1) is 0 Å². The van der Waals surface area contributed by atoms with E-state index in [0.29, 0.717) is 18.5 Å². The molecule has 1 amide bonds. The Balaban J connectivity index is 2.54. The number of carbonyl (C=O) groups excluding carboxylic acids is 2. The summed E-state index contributed by atoms with van der Waals surface area (Å²) in [5.41, 5.74) is 0.346. The fourth-order valence-electron chi connectivity index (χ4n) is 1.93. The van der Waals surface area contributed by atoms with Crippen molar-refractivity contribution in [2.24, 2.45) is 0 Å². The topological polar surface area (TPSA) is 64.6 Å². The predicted octanol–water partition coefficient (Wildman–Crippen LogP) is 3.91. The monoisotopic (exact) mass is 334 g/mol. The lowest BCUT2D eigenvalue weighted by Crippen LogP contribution is -2.33. The summed E-state index contributed by atoms with van der Waals surface area (Å²) in [4.78, 5) is 23.8. The first-order valence-electron chi connectivity index (χ1n) is 8.08. The fraction of sp³-hybridized carbons (Fsp3) is 0.526. The molecule has 0 fully saturated rings. The highest BCUT2D eigenvalue weighted by atomic mass is 16.6. The van der Waals surface area contributed by atoms with Crippen molar-refractivity contribution < 1.29 is 19.1 Å². The molecule has 0 spiro atoms. The minimum atomic E-state index is -0.536. The summed E-state index contributed by atoms with van der Waals surface area (Å²) in [6, 6.07) is 7.31. The Morgan fingerprint density at radius 3 is 2.17 bits per heavy atom. The van der Waals surface area contributed by atoms with E-state index in [4.69, 9.17) is 9.47 Å². The summed E-state index contributed by atoms with van der Waals surface area (Å²) in [5.74, 6) is -0.341. The summed E-state index contributed by atoms with van der Waals surface area (Å²) in [5, 5.41) is 2.66. The van der Waals surface area contributed by atoms with Gasteiger partial charge in [-0.25, -0.2) is 9.59 Å². The summed E-state index contributed by atoms with van der Waals surface area (Å²) < 4.78 is 10.6. The maximum atomic E-state index is 12.3. The fourth-order valence-corrected chi connectivity index (χ4v) is 1.93. The third-order valence-electron chi connectivity index (χ3n) is 2.79. The highest BCUT2D eigenvalue weighted by Gasteiger charge is 2.20. The number of rotatable bonds is 5. The molecule has 1 radical (unpaired) electrons. The lowest BCUT2D eigenvalue weighted by Gasteiger charge is -2.21. The molecule has 24 heavy (non-hydrogen) atoms. The maximum Gasteiger partial charge on any atom is 0.407 e. The van der Waals surface area contributed by atoms with Crippen LogP contribution in [0.4, 0.5) is 4.79 Å². The number of carbonyl (C=O) groups is 2. The third-order valence-corrected chi connectivity index (χ3v) is 2.79. The van der Waals surface area contributed by atoms with E-state index in [1.165, 1.54) is 0 Å². The third kappa shape index (κ3) is 7.99. The number of amides is 1. The number of nitrogens with one attached hydrogen (secondary N) is 1. The van der Waals surface area contributed by atoms with E-state index in [2.05, 4.69) is 5.32 Å². The van der Waals surface area contributed by atoms with E-state index < -0.39 is 17.3 Å². The van der Waals surface area contributed by atoms with E-state index in [-0.39, 0.29) is 5.97 Å². The lowest BCUT2D eigenvalue weighted by atomic mass is 10.0. The van der Waals surface area contributed by atoms with Crippen molar-refractivity contribution >= 4 is 12.1 Å². The SMILES string of the molecule is CC(C)(C)OC(=O)NC[CH]Cc1ccccc1C(=O)OC(C)(C)C. The Hall–Kier alpha value is -2.04. The van der Waals surface area contributed by atoms with E-state index in [0.717, 1.165) is 5.56 Å². The molecule has 0 saturated heterocycles. The number of ether oxygens (including phenoxy) is 2. The number of alkyl carbamates (subject to hydrolysis) is 1. The Morgan fingerprint density at radius 1 is 1.00 bits per heavy atom. The average Bonchev–Trinajstić information content (AvgIpc) is 2.40. The Bertz CT molecular complexity index is 567. The molecule has 0 unspecified atom stereocenters. The van der Waals surface area contributed by atoms with Crippen LogP contribution >= 0.6 is 0 Å². The molecule has 0 saturated carbocycles. The normalized spacial score (nSPS) is 11.8. The highest BCUT2D eigenvalue weighted by Crippen LogP contribution is 2.16. The van der Waals surface area contributed by atoms with Crippen LogP contribution in [0.15, 0.2) is 24.3 Å². The zero-order valence-corrected chi connectivity index (χ0v) is 15.4. The second-order valence-corrected chi connectivity index (χ2v) is 7.53. The molecule has 1 rings (SSSR count). The molecule has 0 aliphatic heterocycles. The first-order valence-corrected chi connectivity index (χ1v) is 8.08. The summed E-state index contributed by atoms with van der Waals surface area (Å²) >= 11 is 0. The number of hydrogen-bond acceptors (Lipinski definition) is 4. The van der Waals surface area contributed by atoms with Gasteiger partial charge in [-0.05, 0) is 66.0 Å². The van der Waals surface area contributed by atoms with Gasteiger partial charge < -0.3 is 14.8 Å². The van der Waals surface area contributed by atoms with Gasteiger partial charge in [0.05, 0.1) is 5.56 Å². The van der Waals surface area contributed by atoms with Crippen molar-refractivity contribution in [3.05, 3.63) is 41.8 Å². The minimum Gasteiger partial charge on any atom is -0.456 e. The van der Waals surface area contributed by atoms with Gasteiger partial charge in [0.1, 0.15) is 11.2 Å². The van der Waals surface area contributed by atoms with Gasteiger partial charge in [0.25, 0.3) is 0 Å². The van der Waals surface area contributed by atoms with Crippen molar-refractivity contribution in [3.8, 4) is 0 Å². The Kier molecular flexibility index (Phi) is 6.81. The van der Waals surface area contributed by atoms with Crippen LogP contribution in [0.2, 0.25) is 0 Å². The predicted molar refractivity (Wildman–Crippen MR) is 93.9 cm³/mol. The standard InChI is InChI=1S/C19H28NO4/c1-18(2,3)23-16(21)15-12-8-7-10-14(15)11-9-13-20-17(22)24-19(4,5)6/h7-10,12H,11,13H2,1-6H3,(H,20,22). The molecular formula is C19H28NO4. The number of hydrogen-bond donors (Lipinski definition) is 1. The van der Waals surface area contributed by atoms with E-state index in [9.17, 15) is 9.59 Å². The van der Waals surface area contributed by atoms with Crippen LogP contribution in [0.1, 0.15) is 57.5 Å². The lowest BCUT2D eigenvalue weighted by molar-refractivity contribution is 0.00681. The molecule has 5 heteroatoms. The largest absolute Gasteiger partial charge is 0.456 e. The first kappa shape index (κ1) is 20.0. The van der Waals surface area contributed by atoms with Crippen molar-refractivity contribution in [1.82, 2.24) is 5.32 Å². The zero-order chi connectivity index (χ0) is 18.4. The summed E-state index contributed by atoms with van der Waals surface area (Å²) in [7, 11) is 0. The molecule has 1 aromatic rings. The molecule has 1 aromatic carbocycles. The van der Waals surface area contributed by atoms with Crippen LogP contribution in [0.25, 0.3) is 0 Å². The second-order valence-electron chi connectivity index (χ2n) is 7.53. The minimum absolute atomic E-state index is 0.341. The molecule has 0 aliphatic rings. The molecule has 133 valence electrons. The average molecular weight is 334 g/mol. The van der Waals surface area contributed by atoms with Crippen LogP contribution in [0, 0.1) is 6.42 Å². The van der Waals surface area contributed by atoms with Gasteiger partial charge in [-0.2, -0.15) is 0 Å². The van der Waals surface area contributed by atoms with Gasteiger partial charge in [-0.3, -0.25) is 0 Å². The number of esters is 1. The first-order chi connectivity index (χ1) is 11.0. The van der Waals surface area contributed by atoms with Crippen molar-refractivity contribution in [2.45, 2.75) is 59.2 Å². The van der Waals surface area contributed by atoms with E-state index in [1.807, 2.05) is 66.2 Å².